The predicted octanol–water partition coefficient (Wildman–Crippen LogP) is 0.786. The van der Waals surface area contributed by atoms with E-state index in [1.54, 1.807) is 13.1 Å². The molecule has 68 valence electrons. The molecule has 2 aromatic heterocycles. The normalized spacial score (nSPS) is 10.5. The molecule has 2 rings (SSSR count). The van der Waals surface area contributed by atoms with Gasteiger partial charge in [0.05, 0.1) is 6.20 Å². The largest absolute Gasteiger partial charge is 0.444 e. The van der Waals surface area contributed by atoms with Crippen molar-refractivity contribution < 1.29 is 8.94 Å². The van der Waals surface area contributed by atoms with Crippen LogP contribution >= 0.6 is 0 Å². The Morgan fingerprint density at radius 2 is 2.46 bits per heavy atom. The molecule has 0 aliphatic rings. The number of nitrogens with zero attached hydrogens (tertiary/aromatic N) is 2. The van der Waals surface area contributed by atoms with E-state index >= 15 is 0 Å². The van der Waals surface area contributed by atoms with E-state index in [4.69, 9.17) is 8.94 Å². The fraction of sp³-hybridized carbons (Fsp3) is 0.250. The second-order valence-electron chi connectivity index (χ2n) is 2.65. The summed E-state index contributed by atoms with van der Waals surface area (Å²) >= 11 is 0. The molecule has 5 nitrogen and oxygen atoms in total. The Labute approximate surface area is 73.6 Å². The van der Waals surface area contributed by atoms with E-state index in [0.717, 1.165) is 5.76 Å². The van der Waals surface area contributed by atoms with Crippen LogP contribution in [-0.2, 0) is 6.54 Å². The number of hydrogen-bond acceptors (Lipinski definition) is 4. The Morgan fingerprint density at radius 1 is 1.62 bits per heavy atom. The first kappa shape index (κ1) is 7.85. The lowest BCUT2D eigenvalue weighted by atomic mass is 10.6. The fourth-order valence-corrected chi connectivity index (χ4v) is 1.01. The maximum atomic E-state index is 11.0. The van der Waals surface area contributed by atoms with Crippen molar-refractivity contribution in [1.82, 2.24) is 9.72 Å². The van der Waals surface area contributed by atoms with Gasteiger partial charge < -0.3 is 8.94 Å². The smallest absolute Gasteiger partial charge is 0.282 e. The average molecular weight is 180 g/mol. The summed E-state index contributed by atoms with van der Waals surface area (Å²) in [7, 11) is 0. The summed E-state index contributed by atoms with van der Waals surface area (Å²) in [5.41, 5.74) is -0.198. The molecule has 2 aromatic rings. The highest BCUT2D eigenvalue weighted by Gasteiger charge is 2.04. The molecule has 0 spiro atoms. The van der Waals surface area contributed by atoms with E-state index in [1.807, 2.05) is 0 Å². The van der Waals surface area contributed by atoms with Gasteiger partial charge in [0.15, 0.2) is 0 Å². The molecule has 0 aliphatic heterocycles. The Bertz CT molecular complexity index is 452. The number of rotatable bonds is 2. The first-order valence-electron chi connectivity index (χ1n) is 3.82. The highest BCUT2D eigenvalue weighted by Crippen LogP contribution is 2.02. The van der Waals surface area contributed by atoms with E-state index in [-0.39, 0.29) is 12.1 Å². The van der Waals surface area contributed by atoms with Crippen LogP contribution in [-0.4, -0.2) is 9.72 Å². The highest BCUT2D eigenvalue weighted by molar-refractivity contribution is 4.91. The van der Waals surface area contributed by atoms with Crippen molar-refractivity contribution in [3.05, 3.63) is 40.5 Å². The minimum absolute atomic E-state index is 0.198. The molecule has 0 amide bonds. The van der Waals surface area contributed by atoms with Gasteiger partial charge >= 0.3 is 0 Å². The number of oxazole rings is 1. The maximum Gasteiger partial charge on any atom is 0.282 e. The van der Waals surface area contributed by atoms with Gasteiger partial charge in [0, 0.05) is 6.07 Å². The summed E-state index contributed by atoms with van der Waals surface area (Å²) in [6.07, 6.45) is 2.93. The molecule has 0 aliphatic carbocycles. The van der Waals surface area contributed by atoms with Crippen LogP contribution in [0.1, 0.15) is 11.7 Å². The molecule has 0 saturated carbocycles. The second kappa shape index (κ2) is 2.93. The second-order valence-corrected chi connectivity index (χ2v) is 2.65. The van der Waals surface area contributed by atoms with Gasteiger partial charge in [-0.15, -0.1) is 0 Å². The van der Waals surface area contributed by atoms with E-state index in [2.05, 4.69) is 4.98 Å². The molecule has 5 heteroatoms. The average Bonchev–Trinajstić information content (AvgIpc) is 2.64. The minimum atomic E-state index is -0.198. The number of hydrogen-bond donors (Lipinski definition) is 0. The van der Waals surface area contributed by atoms with Crippen LogP contribution in [0, 0.1) is 6.92 Å². The number of aromatic nitrogens is 2. The summed E-state index contributed by atoms with van der Waals surface area (Å²) in [5.74, 6) is 1.18. The van der Waals surface area contributed by atoms with Gasteiger partial charge in [-0.3, -0.25) is 4.79 Å². The summed E-state index contributed by atoms with van der Waals surface area (Å²) in [5, 5.41) is 0. The lowest BCUT2D eigenvalue weighted by Crippen LogP contribution is -2.14. The lowest BCUT2D eigenvalue weighted by molar-refractivity contribution is 0.258. The topological polar surface area (TPSA) is 61.2 Å². The molecule has 13 heavy (non-hydrogen) atoms. The third-order valence-electron chi connectivity index (χ3n) is 1.59. The van der Waals surface area contributed by atoms with Crippen molar-refractivity contribution in [3.63, 3.8) is 0 Å². The van der Waals surface area contributed by atoms with Crippen LogP contribution in [0.15, 0.2) is 32.3 Å². The van der Waals surface area contributed by atoms with Crippen LogP contribution in [0.4, 0.5) is 0 Å². The Balaban J connectivity index is 2.24. The fourth-order valence-electron chi connectivity index (χ4n) is 1.01. The van der Waals surface area contributed by atoms with Crippen molar-refractivity contribution in [3.8, 4) is 0 Å². The van der Waals surface area contributed by atoms with E-state index in [9.17, 15) is 4.79 Å². The van der Waals surface area contributed by atoms with Crippen molar-refractivity contribution in [2.24, 2.45) is 0 Å². The molecule has 0 atom stereocenters. The van der Waals surface area contributed by atoms with Gasteiger partial charge in [0.2, 0.25) is 5.89 Å². The standard InChI is InChI=1S/C8H8N2O3/c1-6-4-9-7(13-6)5-10-8(11)2-3-12-10/h2-4H,5H2,1H3. The zero-order chi connectivity index (χ0) is 9.26. The molecule has 0 fully saturated rings. The van der Waals surface area contributed by atoms with Gasteiger partial charge in [-0.1, -0.05) is 0 Å². The quantitative estimate of drug-likeness (QED) is 0.685. The van der Waals surface area contributed by atoms with Crippen molar-refractivity contribution in [2.45, 2.75) is 13.5 Å². The zero-order valence-electron chi connectivity index (χ0n) is 7.06. The highest BCUT2D eigenvalue weighted by atomic mass is 16.5. The van der Waals surface area contributed by atoms with Gasteiger partial charge in [-0.2, -0.15) is 4.74 Å². The molecule has 0 radical (unpaired) electrons. The third kappa shape index (κ3) is 1.53. The SMILES string of the molecule is Cc1cnc(Cn2occc2=O)o1. The van der Waals surface area contributed by atoms with Crippen molar-refractivity contribution in [2.75, 3.05) is 0 Å². The van der Waals surface area contributed by atoms with Crippen LogP contribution in [0.25, 0.3) is 0 Å². The summed E-state index contributed by atoms with van der Waals surface area (Å²) < 4.78 is 11.2. The number of aryl methyl sites for hydroxylation is 1. The van der Waals surface area contributed by atoms with Gasteiger partial charge in [-0.25, -0.2) is 4.98 Å². The lowest BCUT2D eigenvalue weighted by Gasteiger charge is -1.93. The molecule has 0 unspecified atom stereocenters. The van der Waals surface area contributed by atoms with Crippen LogP contribution in [0.5, 0.6) is 0 Å². The van der Waals surface area contributed by atoms with Crippen molar-refractivity contribution >= 4 is 0 Å². The van der Waals surface area contributed by atoms with E-state index < -0.39 is 0 Å². The van der Waals surface area contributed by atoms with Crippen molar-refractivity contribution in [1.29, 1.82) is 0 Å². The van der Waals surface area contributed by atoms with Gasteiger partial charge in [0.25, 0.3) is 5.56 Å². The molecule has 0 N–H and O–H groups in total. The molecule has 0 bridgehead atoms. The van der Waals surface area contributed by atoms with Gasteiger partial charge in [-0.05, 0) is 6.92 Å². The van der Waals surface area contributed by atoms with Crippen LogP contribution < -0.4 is 5.56 Å². The summed E-state index contributed by atoms with van der Waals surface area (Å²) in [4.78, 5) is 15.0. The molecule has 0 saturated heterocycles. The molecular weight excluding hydrogens is 172 g/mol. The minimum Gasteiger partial charge on any atom is -0.444 e. The monoisotopic (exact) mass is 180 g/mol. The predicted molar refractivity (Wildman–Crippen MR) is 43.3 cm³/mol. The Morgan fingerprint density at radius 3 is 3.00 bits per heavy atom. The zero-order valence-corrected chi connectivity index (χ0v) is 7.06. The first-order valence-corrected chi connectivity index (χ1v) is 3.82. The summed E-state index contributed by atoms with van der Waals surface area (Å²) in [6, 6.07) is 1.34. The van der Waals surface area contributed by atoms with E-state index in [1.165, 1.54) is 17.1 Å². The first-order chi connectivity index (χ1) is 6.25. The van der Waals surface area contributed by atoms with Crippen LogP contribution in [0.2, 0.25) is 0 Å². The molecule has 0 aromatic carbocycles. The molecular formula is C8H8N2O3. The third-order valence-corrected chi connectivity index (χ3v) is 1.59. The summed E-state index contributed by atoms with van der Waals surface area (Å²) in [6.45, 7) is 2.03. The van der Waals surface area contributed by atoms with E-state index in [0.29, 0.717) is 5.89 Å². The Hall–Kier alpha value is -1.78. The van der Waals surface area contributed by atoms with Crippen LogP contribution in [0.3, 0.4) is 0 Å². The maximum absolute atomic E-state index is 11.0. The Kier molecular flexibility index (Phi) is 1.77. The molecule has 2 heterocycles. The van der Waals surface area contributed by atoms with Gasteiger partial charge in [0.1, 0.15) is 18.6 Å².